The summed E-state index contributed by atoms with van der Waals surface area (Å²) in [6.07, 6.45) is 1.27. The molecule has 5 heteroatoms. The van der Waals surface area contributed by atoms with E-state index < -0.39 is 12.1 Å². The van der Waals surface area contributed by atoms with E-state index in [-0.39, 0.29) is 18.6 Å². The number of hydrogen-bond acceptors (Lipinski definition) is 4. The van der Waals surface area contributed by atoms with Crippen LogP contribution in [0.25, 0.3) is 0 Å². The van der Waals surface area contributed by atoms with Crippen molar-refractivity contribution in [3.63, 3.8) is 0 Å². The molecule has 1 aromatic rings. The number of nitrogens with one attached hydrogen (secondary N) is 1. The van der Waals surface area contributed by atoms with E-state index in [1.54, 1.807) is 13.0 Å². The molecule has 1 aliphatic rings. The van der Waals surface area contributed by atoms with E-state index in [0.29, 0.717) is 5.75 Å². The zero-order valence-electron chi connectivity index (χ0n) is 11.7. The molecule has 0 heterocycles. The van der Waals surface area contributed by atoms with E-state index in [1.165, 1.54) is 0 Å². The summed E-state index contributed by atoms with van der Waals surface area (Å²) in [6.45, 7) is 3.29. The molecule has 0 radical (unpaired) electrons. The van der Waals surface area contributed by atoms with Crippen LogP contribution in [0.2, 0.25) is 0 Å². The average molecular weight is 277 g/mol. The highest BCUT2D eigenvalue weighted by Crippen LogP contribution is 2.18. The molecule has 1 atom stereocenters. The standard InChI is InChI=1S/C15H19NO4/c1-10-4-3-5-13(8-10)20-11(2)15(18)19-9-14(17)16-12-6-7-12/h3-5,8,11-12H,6-7,9H2,1-2H3,(H,16,17)/t11-/m0/s1. The van der Waals surface area contributed by atoms with Crippen LogP contribution in [0.5, 0.6) is 5.75 Å². The highest BCUT2D eigenvalue weighted by atomic mass is 16.6. The van der Waals surface area contributed by atoms with Crippen molar-refractivity contribution in [1.29, 1.82) is 0 Å². The van der Waals surface area contributed by atoms with Gasteiger partial charge in [-0.25, -0.2) is 4.79 Å². The van der Waals surface area contributed by atoms with Crippen molar-refractivity contribution < 1.29 is 19.1 Å². The van der Waals surface area contributed by atoms with E-state index in [9.17, 15) is 9.59 Å². The Morgan fingerprint density at radius 2 is 2.15 bits per heavy atom. The van der Waals surface area contributed by atoms with Crippen LogP contribution in [0.15, 0.2) is 24.3 Å². The first-order valence-electron chi connectivity index (χ1n) is 6.74. The first-order valence-corrected chi connectivity index (χ1v) is 6.74. The van der Waals surface area contributed by atoms with E-state index in [0.717, 1.165) is 18.4 Å². The van der Waals surface area contributed by atoms with Crippen LogP contribution in [-0.2, 0) is 14.3 Å². The third-order valence-electron chi connectivity index (χ3n) is 2.92. The number of esters is 1. The number of aryl methyl sites for hydroxylation is 1. The van der Waals surface area contributed by atoms with Crippen LogP contribution in [0, 0.1) is 6.92 Å². The number of hydrogen-bond donors (Lipinski definition) is 1. The molecule has 2 rings (SSSR count). The summed E-state index contributed by atoms with van der Waals surface area (Å²) in [5.74, 6) is -0.196. The quantitative estimate of drug-likeness (QED) is 0.802. The van der Waals surface area contributed by atoms with Crippen molar-refractivity contribution in [1.82, 2.24) is 5.32 Å². The van der Waals surface area contributed by atoms with Crippen molar-refractivity contribution in [2.75, 3.05) is 6.61 Å². The van der Waals surface area contributed by atoms with Gasteiger partial charge in [-0.3, -0.25) is 4.79 Å². The lowest BCUT2D eigenvalue weighted by atomic mass is 10.2. The molecule has 1 fully saturated rings. The summed E-state index contributed by atoms with van der Waals surface area (Å²) in [5.41, 5.74) is 1.05. The Labute approximate surface area is 118 Å². The second-order valence-electron chi connectivity index (χ2n) is 5.03. The monoisotopic (exact) mass is 277 g/mol. The van der Waals surface area contributed by atoms with Crippen LogP contribution < -0.4 is 10.1 Å². The van der Waals surface area contributed by atoms with Gasteiger partial charge < -0.3 is 14.8 Å². The number of carbonyl (C=O) groups is 2. The molecular formula is C15H19NO4. The van der Waals surface area contributed by atoms with Crippen LogP contribution in [0.4, 0.5) is 0 Å². The Balaban J connectivity index is 1.74. The average Bonchev–Trinajstić information content (AvgIpc) is 3.19. The molecular weight excluding hydrogens is 258 g/mol. The van der Waals surface area contributed by atoms with Gasteiger partial charge in [0.1, 0.15) is 5.75 Å². The summed E-state index contributed by atoms with van der Waals surface area (Å²) in [5, 5.41) is 2.75. The molecule has 20 heavy (non-hydrogen) atoms. The second-order valence-corrected chi connectivity index (χ2v) is 5.03. The van der Waals surface area contributed by atoms with Crippen molar-refractivity contribution in [2.24, 2.45) is 0 Å². The molecule has 108 valence electrons. The van der Waals surface area contributed by atoms with Gasteiger partial charge in [-0.1, -0.05) is 12.1 Å². The molecule has 5 nitrogen and oxygen atoms in total. The highest BCUT2D eigenvalue weighted by Gasteiger charge is 2.24. The summed E-state index contributed by atoms with van der Waals surface area (Å²) in [6, 6.07) is 7.67. The minimum atomic E-state index is -0.745. The Kier molecular flexibility index (Phi) is 4.61. The maximum absolute atomic E-state index is 11.7. The van der Waals surface area contributed by atoms with Gasteiger partial charge in [0.05, 0.1) is 0 Å². The Bertz CT molecular complexity index is 496. The fraction of sp³-hybridized carbons (Fsp3) is 0.467. The molecule has 1 saturated carbocycles. The van der Waals surface area contributed by atoms with Crippen molar-refractivity contribution in [3.8, 4) is 5.75 Å². The zero-order chi connectivity index (χ0) is 14.5. The van der Waals surface area contributed by atoms with E-state index in [2.05, 4.69) is 5.32 Å². The van der Waals surface area contributed by atoms with Crippen LogP contribution in [0.3, 0.4) is 0 Å². The van der Waals surface area contributed by atoms with E-state index in [1.807, 2.05) is 25.1 Å². The molecule has 0 aromatic heterocycles. The number of benzene rings is 1. The van der Waals surface area contributed by atoms with Gasteiger partial charge in [-0.15, -0.1) is 0 Å². The molecule has 0 spiro atoms. The maximum atomic E-state index is 11.7. The lowest BCUT2D eigenvalue weighted by Gasteiger charge is -2.14. The van der Waals surface area contributed by atoms with Gasteiger partial charge in [-0.2, -0.15) is 0 Å². The summed E-state index contributed by atoms with van der Waals surface area (Å²) >= 11 is 0. The third kappa shape index (κ3) is 4.57. The topological polar surface area (TPSA) is 64.6 Å². The molecule has 1 N–H and O–H groups in total. The molecule has 0 aliphatic heterocycles. The van der Waals surface area contributed by atoms with Crippen molar-refractivity contribution in [3.05, 3.63) is 29.8 Å². The van der Waals surface area contributed by atoms with Crippen LogP contribution >= 0.6 is 0 Å². The van der Waals surface area contributed by atoms with Gasteiger partial charge >= 0.3 is 5.97 Å². The van der Waals surface area contributed by atoms with Gasteiger partial charge in [0.25, 0.3) is 5.91 Å². The zero-order valence-corrected chi connectivity index (χ0v) is 11.7. The number of amides is 1. The first-order chi connectivity index (χ1) is 9.54. The Morgan fingerprint density at radius 1 is 1.40 bits per heavy atom. The van der Waals surface area contributed by atoms with Crippen LogP contribution in [-0.4, -0.2) is 30.6 Å². The number of rotatable bonds is 6. The first kappa shape index (κ1) is 14.4. The van der Waals surface area contributed by atoms with Gasteiger partial charge in [0.2, 0.25) is 0 Å². The van der Waals surface area contributed by atoms with Crippen molar-refractivity contribution in [2.45, 2.75) is 38.8 Å². The second kappa shape index (κ2) is 6.41. The van der Waals surface area contributed by atoms with E-state index in [4.69, 9.17) is 9.47 Å². The largest absolute Gasteiger partial charge is 0.479 e. The molecule has 0 bridgehead atoms. The van der Waals surface area contributed by atoms with Crippen molar-refractivity contribution >= 4 is 11.9 Å². The predicted octanol–water partition coefficient (Wildman–Crippen LogP) is 1.58. The normalized spacial score (nSPS) is 15.3. The van der Waals surface area contributed by atoms with Crippen LogP contribution in [0.1, 0.15) is 25.3 Å². The van der Waals surface area contributed by atoms with Gasteiger partial charge in [-0.05, 0) is 44.4 Å². The van der Waals surface area contributed by atoms with Gasteiger partial charge in [0, 0.05) is 6.04 Å². The maximum Gasteiger partial charge on any atom is 0.347 e. The Morgan fingerprint density at radius 3 is 2.80 bits per heavy atom. The van der Waals surface area contributed by atoms with Gasteiger partial charge in [0.15, 0.2) is 12.7 Å². The lowest BCUT2D eigenvalue weighted by molar-refractivity contribution is -0.154. The molecule has 0 unspecified atom stereocenters. The summed E-state index contributed by atoms with van der Waals surface area (Å²) in [4.78, 5) is 23.1. The summed E-state index contributed by atoms with van der Waals surface area (Å²) < 4.78 is 10.4. The lowest BCUT2D eigenvalue weighted by Crippen LogP contribution is -2.33. The SMILES string of the molecule is Cc1cccc(O[C@@H](C)C(=O)OCC(=O)NC2CC2)c1. The number of carbonyl (C=O) groups excluding carboxylic acids is 2. The minimum absolute atomic E-state index is 0.253. The fourth-order valence-corrected chi connectivity index (χ4v) is 1.69. The predicted molar refractivity (Wildman–Crippen MR) is 73.4 cm³/mol. The molecule has 1 aliphatic carbocycles. The Hall–Kier alpha value is -2.04. The summed E-state index contributed by atoms with van der Waals surface area (Å²) in [7, 11) is 0. The van der Waals surface area contributed by atoms with E-state index >= 15 is 0 Å². The molecule has 1 aromatic carbocycles. The number of ether oxygens (including phenoxy) is 2. The smallest absolute Gasteiger partial charge is 0.347 e. The highest BCUT2D eigenvalue weighted by molar-refractivity contribution is 5.82. The molecule has 0 saturated heterocycles. The third-order valence-corrected chi connectivity index (χ3v) is 2.92. The minimum Gasteiger partial charge on any atom is -0.479 e. The molecule has 1 amide bonds. The fourth-order valence-electron chi connectivity index (χ4n) is 1.69.